The van der Waals surface area contributed by atoms with Crippen LogP contribution in [-0.4, -0.2) is 5.97 Å². The predicted octanol–water partition coefficient (Wildman–Crippen LogP) is 1.71. The molecule has 0 saturated heterocycles. The fourth-order valence-electron chi connectivity index (χ4n) is 3.13. The van der Waals surface area contributed by atoms with E-state index in [-0.39, 0.29) is 24.0 Å². The number of halogens is 1. The molecule has 25 heavy (non-hydrogen) atoms. The second-order valence-corrected chi connectivity index (χ2v) is 8.54. The Bertz CT molecular complexity index is 786. The Hall–Kier alpha value is -1.49. The molecule has 0 spiro atoms. The first-order chi connectivity index (χ1) is 11.2. The maximum absolute atomic E-state index is 11.5. The van der Waals surface area contributed by atoms with Gasteiger partial charge >= 0.3 is 5.97 Å². The Kier molecular flexibility index (Phi) is 5.57. The topological polar surface area (TPSA) is 35.5 Å². The summed E-state index contributed by atoms with van der Waals surface area (Å²) >= 11 is -0.499. The number of ether oxygens (including phenoxy) is 1. The van der Waals surface area contributed by atoms with Gasteiger partial charge < -0.3 is 17.1 Å². The van der Waals surface area contributed by atoms with Crippen molar-refractivity contribution in [3.63, 3.8) is 0 Å². The van der Waals surface area contributed by atoms with E-state index < -0.39 is 16.8 Å². The van der Waals surface area contributed by atoms with Crippen LogP contribution in [0.15, 0.2) is 58.3 Å². The zero-order chi connectivity index (χ0) is 17.5. The Balaban J connectivity index is 0.00000225. The molecule has 0 amide bonds. The molecule has 0 radical (unpaired) electrons. The zero-order valence-electron chi connectivity index (χ0n) is 15.1. The fourth-order valence-corrected chi connectivity index (χ4v) is 5.48. The van der Waals surface area contributed by atoms with E-state index in [1.165, 1.54) is 17.4 Å². The highest BCUT2D eigenvalue weighted by molar-refractivity contribution is 7.92. The smallest absolute Gasteiger partial charge is 0.303 e. The zero-order valence-corrected chi connectivity index (χ0v) is 16.7. The molecule has 0 saturated carbocycles. The van der Waals surface area contributed by atoms with E-state index in [1.807, 2.05) is 44.2 Å². The predicted molar refractivity (Wildman–Crippen MR) is 95.7 cm³/mol. The van der Waals surface area contributed by atoms with E-state index in [1.54, 1.807) is 0 Å². The van der Waals surface area contributed by atoms with Crippen LogP contribution in [0.4, 0.5) is 0 Å². The van der Waals surface area contributed by atoms with Gasteiger partial charge in [-0.3, -0.25) is 4.79 Å². The summed E-state index contributed by atoms with van der Waals surface area (Å²) in [6, 6.07) is 16.4. The molecule has 3 nitrogen and oxygen atoms in total. The summed E-state index contributed by atoms with van der Waals surface area (Å²) in [6.07, 6.45) is 0. The summed E-state index contributed by atoms with van der Waals surface area (Å²) in [4.78, 5) is 13.8. The minimum absolute atomic E-state index is 0. The summed E-state index contributed by atoms with van der Waals surface area (Å²) in [5.41, 5.74) is 1.16. The monoisotopic (exact) mass is 378 g/mol. The highest BCUT2D eigenvalue weighted by Crippen LogP contribution is 2.47. The van der Waals surface area contributed by atoms with Crippen LogP contribution in [0.5, 0.6) is 0 Å². The average molecular weight is 379 g/mol. The molecule has 1 aliphatic rings. The molecular formula is C20H23ClO3S. The van der Waals surface area contributed by atoms with Crippen LogP contribution in [0.2, 0.25) is 0 Å². The van der Waals surface area contributed by atoms with Crippen LogP contribution in [-0.2, 0) is 36.1 Å². The van der Waals surface area contributed by atoms with Crippen molar-refractivity contribution in [1.82, 2.24) is 0 Å². The molecule has 0 N–H and O–H groups in total. The Labute approximate surface area is 158 Å². The van der Waals surface area contributed by atoms with Crippen molar-refractivity contribution in [3.8, 4) is 0 Å². The van der Waals surface area contributed by atoms with Crippen molar-refractivity contribution in [2.75, 3.05) is 0 Å². The third-order valence-electron chi connectivity index (χ3n) is 4.16. The first-order valence-corrected chi connectivity index (χ1v) is 9.20. The minimum Gasteiger partial charge on any atom is -1.00 e. The molecule has 1 unspecified atom stereocenters. The molecule has 1 heterocycles. The van der Waals surface area contributed by atoms with Gasteiger partial charge in [-0.1, -0.05) is 30.3 Å². The molecule has 2 aromatic rings. The van der Waals surface area contributed by atoms with Crippen molar-refractivity contribution >= 4 is 17.1 Å². The van der Waals surface area contributed by atoms with E-state index in [4.69, 9.17) is 8.92 Å². The molecule has 0 aromatic heterocycles. The second kappa shape index (κ2) is 7.02. The van der Waals surface area contributed by atoms with Crippen molar-refractivity contribution in [2.45, 2.75) is 55.6 Å². The lowest BCUT2D eigenvalue weighted by Crippen LogP contribution is -3.00. The molecule has 3 rings (SSSR count). The largest absolute Gasteiger partial charge is 1.00 e. The van der Waals surface area contributed by atoms with Gasteiger partial charge in [0.25, 0.3) is 0 Å². The summed E-state index contributed by atoms with van der Waals surface area (Å²) in [6.45, 7) is 9.47. The van der Waals surface area contributed by atoms with Crippen LogP contribution in [0, 0.1) is 0 Å². The Morgan fingerprint density at radius 2 is 1.60 bits per heavy atom. The number of carbonyl (C=O) groups is 1. The molecule has 0 fully saturated rings. The second-order valence-electron chi connectivity index (χ2n) is 6.96. The number of hydrogen-bond donors (Lipinski definition) is 0. The Morgan fingerprint density at radius 1 is 1.04 bits per heavy atom. The standard InChI is InChI=1S/C20H23O3S.ClH/c1-14(21)22-19(2,3)15-10-6-8-12-17(15)24-18-13-9-7-11-16(18)20(4,5)23-24;/h6-13H,1-5H3;1H/q+1;/p-1. The van der Waals surface area contributed by atoms with Gasteiger partial charge in [-0.25, -0.2) is 0 Å². The van der Waals surface area contributed by atoms with E-state index >= 15 is 0 Å². The third-order valence-corrected chi connectivity index (χ3v) is 6.26. The van der Waals surface area contributed by atoms with E-state index in [0.29, 0.717) is 0 Å². The van der Waals surface area contributed by atoms with E-state index in [2.05, 4.69) is 32.0 Å². The van der Waals surface area contributed by atoms with Crippen LogP contribution in [0.3, 0.4) is 0 Å². The van der Waals surface area contributed by atoms with E-state index in [0.717, 1.165) is 10.5 Å². The molecular weight excluding hydrogens is 356 g/mol. The number of hydrogen-bond acceptors (Lipinski definition) is 3. The summed E-state index contributed by atoms with van der Waals surface area (Å²) < 4.78 is 12.0. The highest BCUT2D eigenvalue weighted by atomic mass is 35.5. The molecule has 5 heteroatoms. The van der Waals surface area contributed by atoms with Crippen molar-refractivity contribution in [1.29, 1.82) is 0 Å². The van der Waals surface area contributed by atoms with Gasteiger partial charge in [0, 0.05) is 12.5 Å². The fraction of sp³-hybridized carbons (Fsp3) is 0.350. The van der Waals surface area contributed by atoms with Crippen LogP contribution in [0.1, 0.15) is 45.7 Å². The maximum Gasteiger partial charge on any atom is 0.303 e. The Morgan fingerprint density at radius 3 is 2.24 bits per heavy atom. The lowest BCUT2D eigenvalue weighted by Gasteiger charge is -2.25. The lowest BCUT2D eigenvalue weighted by molar-refractivity contribution is -0.154. The number of esters is 1. The van der Waals surface area contributed by atoms with Crippen LogP contribution < -0.4 is 12.4 Å². The molecule has 0 aliphatic carbocycles. The van der Waals surface area contributed by atoms with Crippen molar-refractivity contribution in [2.24, 2.45) is 0 Å². The van der Waals surface area contributed by atoms with Crippen LogP contribution >= 0.6 is 0 Å². The number of carbonyl (C=O) groups excluding carboxylic acids is 1. The summed E-state index contributed by atoms with van der Waals surface area (Å²) in [7, 11) is 0. The molecule has 1 aliphatic heterocycles. The van der Waals surface area contributed by atoms with Gasteiger partial charge in [-0.15, -0.1) is 0 Å². The normalized spacial score (nSPS) is 18.2. The molecule has 134 valence electrons. The molecule has 0 bridgehead atoms. The van der Waals surface area contributed by atoms with Crippen LogP contribution in [0.25, 0.3) is 0 Å². The van der Waals surface area contributed by atoms with E-state index in [9.17, 15) is 4.79 Å². The van der Waals surface area contributed by atoms with Crippen molar-refractivity contribution < 1.29 is 26.1 Å². The highest BCUT2D eigenvalue weighted by Gasteiger charge is 2.51. The summed E-state index contributed by atoms with van der Waals surface area (Å²) in [5.74, 6) is -0.286. The first kappa shape index (κ1) is 19.8. The first-order valence-electron chi connectivity index (χ1n) is 8.05. The van der Waals surface area contributed by atoms with Gasteiger partial charge in [0.15, 0.2) is 5.60 Å². The maximum atomic E-state index is 11.5. The van der Waals surface area contributed by atoms with Gasteiger partial charge in [0.05, 0.1) is 5.56 Å². The SMILES string of the molecule is CC(=O)OC(C)(C)c1ccccc1[S+]1OC(C)(C)c2ccccc21.[Cl-]. The average Bonchev–Trinajstić information content (AvgIpc) is 2.78. The lowest BCUT2D eigenvalue weighted by atomic mass is 9.98. The van der Waals surface area contributed by atoms with Crippen molar-refractivity contribution in [3.05, 3.63) is 59.7 Å². The molecule has 2 aromatic carbocycles. The minimum atomic E-state index is -0.708. The number of benzene rings is 2. The molecule has 1 atom stereocenters. The van der Waals surface area contributed by atoms with Gasteiger partial charge in [0.1, 0.15) is 5.60 Å². The quantitative estimate of drug-likeness (QED) is 0.602. The van der Waals surface area contributed by atoms with Gasteiger partial charge in [-0.2, -0.15) is 4.18 Å². The third kappa shape index (κ3) is 3.71. The number of fused-ring (bicyclic) bond motifs is 1. The number of rotatable bonds is 3. The summed E-state index contributed by atoms with van der Waals surface area (Å²) in [5, 5.41) is 0. The van der Waals surface area contributed by atoms with Gasteiger partial charge in [-0.05, 0) is 45.9 Å². The van der Waals surface area contributed by atoms with Gasteiger partial charge in [0.2, 0.25) is 21.0 Å².